The standard InChI is InChI=1S/C15H22F3N/c1-4-10(5-2)7-14(19-6-3)11-8-12(16)15(18)13(17)9-11/h8-10,14,19H,4-7H2,1-3H3. The molecular formula is C15H22F3N. The first-order chi connectivity index (χ1) is 9.03. The van der Waals surface area contributed by atoms with Gasteiger partial charge in [-0.2, -0.15) is 0 Å². The van der Waals surface area contributed by atoms with Crippen molar-refractivity contribution in [2.75, 3.05) is 6.54 Å². The van der Waals surface area contributed by atoms with Crippen LogP contribution in [0, 0.1) is 23.4 Å². The molecular weight excluding hydrogens is 251 g/mol. The summed E-state index contributed by atoms with van der Waals surface area (Å²) in [5.74, 6) is -3.16. The van der Waals surface area contributed by atoms with Crippen LogP contribution in [-0.2, 0) is 0 Å². The average molecular weight is 273 g/mol. The average Bonchev–Trinajstić information content (AvgIpc) is 2.40. The number of hydrogen-bond acceptors (Lipinski definition) is 1. The molecule has 0 fully saturated rings. The molecule has 1 rings (SSSR count). The zero-order valence-corrected chi connectivity index (χ0v) is 11.8. The van der Waals surface area contributed by atoms with E-state index in [9.17, 15) is 13.2 Å². The second-order valence-electron chi connectivity index (χ2n) is 4.83. The fourth-order valence-electron chi connectivity index (χ4n) is 2.32. The molecule has 0 aromatic heterocycles. The fraction of sp³-hybridized carbons (Fsp3) is 0.600. The lowest BCUT2D eigenvalue weighted by molar-refractivity contribution is 0.370. The summed E-state index contributed by atoms with van der Waals surface area (Å²) in [4.78, 5) is 0. The highest BCUT2D eigenvalue weighted by Gasteiger charge is 2.19. The summed E-state index contributed by atoms with van der Waals surface area (Å²) in [6, 6.07) is 2.04. The van der Waals surface area contributed by atoms with Gasteiger partial charge in [0.2, 0.25) is 0 Å². The molecule has 0 spiro atoms. The Hall–Kier alpha value is -1.03. The minimum absolute atomic E-state index is 0.139. The van der Waals surface area contributed by atoms with E-state index in [0.29, 0.717) is 18.0 Å². The monoisotopic (exact) mass is 273 g/mol. The molecule has 0 amide bonds. The van der Waals surface area contributed by atoms with Crippen LogP contribution in [0.2, 0.25) is 0 Å². The zero-order chi connectivity index (χ0) is 14.4. The van der Waals surface area contributed by atoms with Gasteiger partial charge in [-0.05, 0) is 36.6 Å². The summed E-state index contributed by atoms with van der Waals surface area (Å²) in [5.41, 5.74) is 0.477. The predicted octanol–water partition coefficient (Wildman–Crippen LogP) is 4.58. The topological polar surface area (TPSA) is 12.0 Å². The molecule has 19 heavy (non-hydrogen) atoms. The highest BCUT2D eigenvalue weighted by molar-refractivity contribution is 5.22. The van der Waals surface area contributed by atoms with Gasteiger partial charge in [0, 0.05) is 6.04 Å². The molecule has 108 valence electrons. The molecule has 0 aliphatic rings. The molecule has 1 N–H and O–H groups in total. The summed E-state index contributed by atoms with van der Waals surface area (Å²) < 4.78 is 39.6. The summed E-state index contributed by atoms with van der Waals surface area (Å²) in [6.45, 7) is 6.84. The van der Waals surface area contributed by atoms with Gasteiger partial charge in [-0.1, -0.05) is 33.6 Å². The van der Waals surface area contributed by atoms with Crippen molar-refractivity contribution in [3.8, 4) is 0 Å². The second-order valence-corrected chi connectivity index (χ2v) is 4.83. The van der Waals surface area contributed by atoms with Crippen molar-refractivity contribution < 1.29 is 13.2 Å². The van der Waals surface area contributed by atoms with Crippen molar-refractivity contribution in [1.29, 1.82) is 0 Å². The fourth-order valence-corrected chi connectivity index (χ4v) is 2.32. The first-order valence-corrected chi connectivity index (χ1v) is 6.91. The van der Waals surface area contributed by atoms with Crippen LogP contribution in [0.3, 0.4) is 0 Å². The molecule has 0 saturated heterocycles. The van der Waals surface area contributed by atoms with Crippen LogP contribution in [0.25, 0.3) is 0 Å². The van der Waals surface area contributed by atoms with Crippen molar-refractivity contribution in [2.45, 2.75) is 46.1 Å². The van der Waals surface area contributed by atoms with Gasteiger partial charge in [-0.3, -0.25) is 0 Å². The van der Waals surface area contributed by atoms with Gasteiger partial charge in [0.15, 0.2) is 17.5 Å². The Morgan fingerprint density at radius 2 is 1.53 bits per heavy atom. The lowest BCUT2D eigenvalue weighted by Crippen LogP contribution is -2.24. The van der Waals surface area contributed by atoms with Gasteiger partial charge in [0.05, 0.1) is 0 Å². The Bertz CT molecular complexity index is 379. The maximum absolute atomic E-state index is 13.3. The van der Waals surface area contributed by atoms with Crippen molar-refractivity contribution in [2.24, 2.45) is 5.92 Å². The molecule has 0 saturated carbocycles. The first kappa shape index (κ1) is 16.0. The van der Waals surface area contributed by atoms with E-state index in [0.717, 1.165) is 31.4 Å². The molecule has 1 unspecified atom stereocenters. The van der Waals surface area contributed by atoms with Crippen LogP contribution in [0.4, 0.5) is 13.2 Å². The van der Waals surface area contributed by atoms with Crippen LogP contribution < -0.4 is 5.32 Å². The Balaban J connectivity index is 2.98. The van der Waals surface area contributed by atoms with E-state index in [1.807, 2.05) is 6.92 Å². The van der Waals surface area contributed by atoms with Crippen LogP contribution in [0.1, 0.15) is 51.6 Å². The molecule has 4 heteroatoms. The lowest BCUT2D eigenvalue weighted by Gasteiger charge is -2.23. The minimum atomic E-state index is -1.40. The van der Waals surface area contributed by atoms with E-state index in [2.05, 4.69) is 19.2 Å². The Labute approximate surface area is 113 Å². The molecule has 0 radical (unpaired) electrons. The molecule has 1 aromatic rings. The number of hydrogen-bond donors (Lipinski definition) is 1. The van der Waals surface area contributed by atoms with Gasteiger partial charge < -0.3 is 5.32 Å². The third-order valence-corrected chi connectivity index (χ3v) is 3.58. The van der Waals surface area contributed by atoms with Gasteiger partial charge in [0.1, 0.15) is 0 Å². The smallest absolute Gasteiger partial charge is 0.194 e. The second kappa shape index (κ2) is 7.53. The van der Waals surface area contributed by atoms with Crippen molar-refractivity contribution in [3.63, 3.8) is 0 Å². The van der Waals surface area contributed by atoms with Crippen LogP contribution in [-0.4, -0.2) is 6.54 Å². The van der Waals surface area contributed by atoms with E-state index in [1.165, 1.54) is 0 Å². The molecule has 1 atom stereocenters. The minimum Gasteiger partial charge on any atom is -0.310 e. The quantitative estimate of drug-likeness (QED) is 0.717. The van der Waals surface area contributed by atoms with Crippen LogP contribution in [0.15, 0.2) is 12.1 Å². The third-order valence-electron chi connectivity index (χ3n) is 3.58. The SMILES string of the molecule is CCNC(CC(CC)CC)c1cc(F)c(F)c(F)c1. The van der Waals surface area contributed by atoms with Crippen molar-refractivity contribution in [1.82, 2.24) is 5.32 Å². The van der Waals surface area contributed by atoms with Crippen LogP contribution in [0.5, 0.6) is 0 Å². The van der Waals surface area contributed by atoms with Gasteiger partial charge in [-0.15, -0.1) is 0 Å². The summed E-state index contributed by atoms with van der Waals surface area (Å²) >= 11 is 0. The summed E-state index contributed by atoms with van der Waals surface area (Å²) in [6.07, 6.45) is 2.83. The highest BCUT2D eigenvalue weighted by atomic mass is 19.2. The van der Waals surface area contributed by atoms with E-state index < -0.39 is 17.5 Å². The maximum Gasteiger partial charge on any atom is 0.194 e. The maximum atomic E-state index is 13.3. The molecule has 0 bridgehead atoms. The lowest BCUT2D eigenvalue weighted by atomic mass is 9.91. The summed E-state index contributed by atoms with van der Waals surface area (Å²) in [7, 11) is 0. The van der Waals surface area contributed by atoms with E-state index in [1.54, 1.807) is 0 Å². The third kappa shape index (κ3) is 4.23. The Morgan fingerprint density at radius 1 is 1.00 bits per heavy atom. The number of rotatable bonds is 7. The molecule has 0 aliphatic carbocycles. The van der Waals surface area contributed by atoms with Gasteiger partial charge in [-0.25, -0.2) is 13.2 Å². The predicted molar refractivity (Wildman–Crippen MR) is 71.4 cm³/mol. The largest absolute Gasteiger partial charge is 0.310 e. The summed E-state index contributed by atoms with van der Waals surface area (Å²) in [5, 5.41) is 3.22. The first-order valence-electron chi connectivity index (χ1n) is 6.91. The van der Waals surface area contributed by atoms with Crippen LogP contribution >= 0.6 is 0 Å². The van der Waals surface area contributed by atoms with E-state index in [4.69, 9.17) is 0 Å². The Morgan fingerprint density at radius 3 is 1.95 bits per heavy atom. The van der Waals surface area contributed by atoms with Gasteiger partial charge in [0.25, 0.3) is 0 Å². The van der Waals surface area contributed by atoms with E-state index in [-0.39, 0.29) is 6.04 Å². The molecule has 0 heterocycles. The van der Waals surface area contributed by atoms with Gasteiger partial charge >= 0.3 is 0 Å². The molecule has 1 nitrogen and oxygen atoms in total. The number of halogens is 3. The van der Waals surface area contributed by atoms with E-state index >= 15 is 0 Å². The highest BCUT2D eigenvalue weighted by Crippen LogP contribution is 2.27. The zero-order valence-electron chi connectivity index (χ0n) is 11.8. The van der Waals surface area contributed by atoms with Crippen molar-refractivity contribution >= 4 is 0 Å². The Kier molecular flexibility index (Phi) is 6.35. The number of benzene rings is 1. The van der Waals surface area contributed by atoms with Crippen molar-refractivity contribution in [3.05, 3.63) is 35.1 Å². The normalized spacial score (nSPS) is 13.0. The number of nitrogens with one attached hydrogen (secondary N) is 1. The molecule has 0 aliphatic heterocycles. The molecule has 1 aromatic carbocycles.